The first-order valence-electron chi connectivity index (χ1n) is 5.62. The molecule has 0 N–H and O–H groups in total. The molecule has 1 unspecified atom stereocenters. The zero-order chi connectivity index (χ0) is 11.4. The first-order valence-corrected chi connectivity index (χ1v) is 6.06. The van der Waals surface area contributed by atoms with Crippen molar-refractivity contribution in [3.05, 3.63) is 35.4 Å². The molecule has 1 atom stereocenters. The summed E-state index contributed by atoms with van der Waals surface area (Å²) in [6, 6.07) is 10.6. The standard InChI is InChI=1S/C13H15ClN2/c14-13(8-15)10-16-7-3-6-11-4-1-2-5-12(11)9-16/h1-2,4-5,13H,3,6-7,9-10H2. The molecule has 0 saturated carbocycles. The van der Waals surface area contributed by atoms with E-state index in [0.717, 1.165) is 25.9 Å². The van der Waals surface area contributed by atoms with Gasteiger partial charge in [-0.15, -0.1) is 11.6 Å². The Kier molecular flexibility index (Phi) is 3.82. The maximum Gasteiger partial charge on any atom is 0.133 e. The lowest BCUT2D eigenvalue weighted by atomic mass is 10.0. The van der Waals surface area contributed by atoms with Crippen LogP contribution in [0.1, 0.15) is 17.5 Å². The van der Waals surface area contributed by atoms with Gasteiger partial charge in [0, 0.05) is 13.1 Å². The summed E-state index contributed by atoms with van der Waals surface area (Å²) in [5.74, 6) is 0. The number of hydrogen-bond donors (Lipinski definition) is 0. The molecule has 1 heterocycles. The van der Waals surface area contributed by atoms with Crippen LogP contribution in [-0.2, 0) is 13.0 Å². The van der Waals surface area contributed by atoms with Crippen molar-refractivity contribution < 1.29 is 0 Å². The lowest BCUT2D eigenvalue weighted by Crippen LogP contribution is -2.29. The van der Waals surface area contributed by atoms with E-state index in [2.05, 4.69) is 35.2 Å². The third-order valence-corrected chi connectivity index (χ3v) is 3.23. The molecule has 0 aromatic heterocycles. The molecular formula is C13H15ClN2. The zero-order valence-electron chi connectivity index (χ0n) is 9.19. The fraction of sp³-hybridized carbons (Fsp3) is 0.462. The quantitative estimate of drug-likeness (QED) is 0.736. The minimum Gasteiger partial charge on any atom is -0.297 e. The van der Waals surface area contributed by atoms with E-state index in [4.69, 9.17) is 16.9 Å². The lowest BCUT2D eigenvalue weighted by Gasteiger charge is -2.20. The molecule has 1 aliphatic rings. The van der Waals surface area contributed by atoms with Gasteiger partial charge in [0.05, 0.1) is 6.07 Å². The maximum absolute atomic E-state index is 8.72. The highest BCUT2D eigenvalue weighted by molar-refractivity contribution is 6.22. The Balaban J connectivity index is 2.08. The molecule has 0 radical (unpaired) electrons. The van der Waals surface area contributed by atoms with Crippen LogP contribution in [0.4, 0.5) is 0 Å². The van der Waals surface area contributed by atoms with Gasteiger partial charge in [-0.3, -0.25) is 4.90 Å². The van der Waals surface area contributed by atoms with Crippen molar-refractivity contribution in [2.45, 2.75) is 24.8 Å². The molecule has 2 nitrogen and oxygen atoms in total. The molecule has 3 heteroatoms. The van der Waals surface area contributed by atoms with Gasteiger partial charge in [-0.1, -0.05) is 24.3 Å². The first kappa shape index (κ1) is 11.4. The van der Waals surface area contributed by atoms with Crippen molar-refractivity contribution in [2.24, 2.45) is 0 Å². The highest BCUT2D eigenvalue weighted by Gasteiger charge is 2.16. The van der Waals surface area contributed by atoms with E-state index < -0.39 is 5.38 Å². The SMILES string of the molecule is N#CC(Cl)CN1CCCc2ccccc2C1. The highest BCUT2D eigenvalue weighted by atomic mass is 35.5. The van der Waals surface area contributed by atoms with Crippen LogP contribution in [0.15, 0.2) is 24.3 Å². The topological polar surface area (TPSA) is 27.0 Å². The zero-order valence-corrected chi connectivity index (χ0v) is 9.95. The van der Waals surface area contributed by atoms with Gasteiger partial charge in [0.1, 0.15) is 5.38 Å². The molecule has 0 saturated heterocycles. The van der Waals surface area contributed by atoms with Crippen molar-refractivity contribution in [3.8, 4) is 6.07 Å². The second-order valence-electron chi connectivity index (χ2n) is 4.20. The molecule has 2 rings (SSSR count). The average molecular weight is 235 g/mol. The predicted octanol–water partition coefficient (Wildman–Crippen LogP) is 2.57. The number of rotatable bonds is 2. The van der Waals surface area contributed by atoms with Crippen LogP contribution < -0.4 is 0 Å². The van der Waals surface area contributed by atoms with Crippen molar-refractivity contribution in [1.82, 2.24) is 4.90 Å². The number of nitrogens with zero attached hydrogens (tertiary/aromatic N) is 2. The van der Waals surface area contributed by atoms with E-state index in [9.17, 15) is 0 Å². The Morgan fingerprint density at radius 2 is 2.12 bits per heavy atom. The minimum atomic E-state index is -0.398. The van der Waals surface area contributed by atoms with Gasteiger partial charge in [0.2, 0.25) is 0 Å². The fourth-order valence-electron chi connectivity index (χ4n) is 2.19. The molecule has 1 aliphatic heterocycles. The molecule has 0 spiro atoms. The smallest absolute Gasteiger partial charge is 0.133 e. The summed E-state index contributed by atoms with van der Waals surface area (Å²) in [6.45, 7) is 2.60. The van der Waals surface area contributed by atoms with Gasteiger partial charge in [0.25, 0.3) is 0 Å². The van der Waals surface area contributed by atoms with Crippen molar-refractivity contribution in [3.63, 3.8) is 0 Å². The second-order valence-corrected chi connectivity index (χ2v) is 4.73. The second kappa shape index (κ2) is 5.34. The Labute approximate surface area is 101 Å². The van der Waals surface area contributed by atoms with Gasteiger partial charge in [0.15, 0.2) is 0 Å². The third-order valence-electron chi connectivity index (χ3n) is 2.99. The first-order chi connectivity index (χ1) is 7.79. The average Bonchev–Trinajstić information content (AvgIpc) is 2.50. The summed E-state index contributed by atoms with van der Waals surface area (Å²) in [7, 11) is 0. The van der Waals surface area contributed by atoms with Crippen LogP contribution in [0, 0.1) is 11.3 Å². The Morgan fingerprint density at radius 1 is 1.38 bits per heavy atom. The van der Waals surface area contributed by atoms with Gasteiger partial charge >= 0.3 is 0 Å². The van der Waals surface area contributed by atoms with E-state index in [-0.39, 0.29) is 0 Å². The van der Waals surface area contributed by atoms with E-state index in [1.165, 1.54) is 11.1 Å². The minimum absolute atomic E-state index is 0.398. The Bertz CT molecular complexity index is 397. The number of nitriles is 1. The summed E-state index contributed by atoms with van der Waals surface area (Å²) >= 11 is 5.88. The van der Waals surface area contributed by atoms with Gasteiger partial charge in [-0.2, -0.15) is 5.26 Å². The lowest BCUT2D eigenvalue weighted by molar-refractivity contribution is 0.277. The molecule has 16 heavy (non-hydrogen) atoms. The van der Waals surface area contributed by atoms with Crippen LogP contribution in [-0.4, -0.2) is 23.4 Å². The summed E-state index contributed by atoms with van der Waals surface area (Å²) in [5.41, 5.74) is 2.81. The normalized spacial score (nSPS) is 18.2. The molecular weight excluding hydrogens is 220 g/mol. The van der Waals surface area contributed by atoms with E-state index in [0.29, 0.717) is 6.54 Å². The Hall–Kier alpha value is -1.04. The maximum atomic E-state index is 8.72. The molecule has 1 aromatic carbocycles. The molecule has 0 amide bonds. The predicted molar refractivity (Wildman–Crippen MR) is 65.3 cm³/mol. The van der Waals surface area contributed by atoms with Crippen LogP contribution in [0.25, 0.3) is 0 Å². The highest BCUT2D eigenvalue weighted by Crippen LogP contribution is 2.18. The van der Waals surface area contributed by atoms with Gasteiger partial charge < -0.3 is 0 Å². The number of halogens is 1. The van der Waals surface area contributed by atoms with Crippen LogP contribution in [0.2, 0.25) is 0 Å². The van der Waals surface area contributed by atoms with E-state index >= 15 is 0 Å². The number of hydrogen-bond acceptors (Lipinski definition) is 2. The Morgan fingerprint density at radius 3 is 2.88 bits per heavy atom. The van der Waals surface area contributed by atoms with Crippen molar-refractivity contribution in [2.75, 3.05) is 13.1 Å². The number of benzene rings is 1. The van der Waals surface area contributed by atoms with Crippen LogP contribution >= 0.6 is 11.6 Å². The van der Waals surface area contributed by atoms with Crippen LogP contribution in [0.5, 0.6) is 0 Å². The van der Waals surface area contributed by atoms with Gasteiger partial charge in [-0.05, 0) is 30.5 Å². The summed E-state index contributed by atoms with van der Waals surface area (Å²) < 4.78 is 0. The molecule has 1 aromatic rings. The van der Waals surface area contributed by atoms with Crippen LogP contribution in [0.3, 0.4) is 0 Å². The van der Waals surface area contributed by atoms with Crippen molar-refractivity contribution >= 4 is 11.6 Å². The summed E-state index contributed by atoms with van der Waals surface area (Å²) in [6.07, 6.45) is 2.28. The largest absolute Gasteiger partial charge is 0.297 e. The molecule has 0 aliphatic carbocycles. The summed E-state index contributed by atoms with van der Waals surface area (Å²) in [5, 5.41) is 8.32. The number of fused-ring (bicyclic) bond motifs is 1. The molecule has 84 valence electrons. The monoisotopic (exact) mass is 234 g/mol. The van der Waals surface area contributed by atoms with Crippen molar-refractivity contribution in [1.29, 1.82) is 5.26 Å². The molecule has 0 bridgehead atoms. The summed E-state index contributed by atoms with van der Waals surface area (Å²) in [4.78, 5) is 2.27. The third kappa shape index (κ3) is 2.75. The van der Waals surface area contributed by atoms with E-state index in [1.807, 2.05) is 0 Å². The number of alkyl halides is 1. The number of aryl methyl sites for hydroxylation is 1. The van der Waals surface area contributed by atoms with Gasteiger partial charge in [-0.25, -0.2) is 0 Å². The fourth-order valence-corrected chi connectivity index (χ4v) is 2.39. The molecule has 0 fully saturated rings. The van der Waals surface area contributed by atoms with E-state index in [1.54, 1.807) is 0 Å².